The molecular formula is C30H33F3N6O3. The van der Waals surface area contributed by atoms with Gasteiger partial charge in [0.15, 0.2) is 0 Å². The van der Waals surface area contributed by atoms with E-state index < -0.39 is 17.6 Å². The Morgan fingerprint density at radius 3 is 2.40 bits per heavy atom. The zero-order valence-corrected chi connectivity index (χ0v) is 23.6. The van der Waals surface area contributed by atoms with E-state index in [1.807, 2.05) is 17.0 Å². The molecule has 2 saturated heterocycles. The van der Waals surface area contributed by atoms with Crippen LogP contribution in [-0.4, -0.2) is 45.9 Å². The van der Waals surface area contributed by atoms with Gasteiger partial charge in [0.25, 0.3) is 0 Å². The monoisotopic (exact) mass is 582 g/mol. The first-order valence-electron chi connectivity index (χ1n) is 13.9. The van der Waals surface area contributed by atoms with Crippen molar-refractivity contribution in [1.82, 2.24) is 14.9 Å². The summed E-state index contributed by atoms with van der Waals surface area (Å²) in [5.41, 5.74) is 1.30. The number of hydrogen-bond donors (Lipinski definition) is 3. The molecule has 3 heterocycles. The van der Waals surface area contributed by atoms with Crippen LogP contribution in [0.1, 0.15) is 63.0 Å². The molecule has 0 spiro atoms. The lowest BCUT2D eigenvalue weighted by molar-refractivity contribution is -0.137. The minimum absolute atomic E-state index is 0.0557. The average molecular weight is 583 g/mol. The summed E-state index contributed by atoms with van der Waals surface area (Å²) in [6.07, 6.45) is 0.0687. The quantitative estimate of drug-likeness (QED) is 0.275. The molecule has 3 N–H and O–H groups in total. The van der Waals surface area contributed by atoms with Gasteiger partial charge in [-0.15, -0.1) is 0 Å². The number of rotatable bonds is 8. The second-order valence-corrected chi connectivity index (χ2v) is 10.6. The average Bonchev–Trinajstić information content (AvgIpc) is 3.22. The van der Waals surface area contributed by atoms with E-state index in [9.17, 15) is 22.8 Å². The lowest BCUT2D eigenvalue weighted by Gasteiger charge is -2.38. The summed E-state index contributed by atoms with van der Waals surface area (Å²) in [6.45, 7) is 3.33. The first-order chi connectivity index (χ1) is 20.0. The van der Waals surface area contributed by atoms with Gasteiger partial charge in [-0.05, 0) is 67.5 Å². The number of carbonyl (C=O) groups is 2. The van der Waals surface area contributed by atoms with Gasteiger partial charge < -0.3 is 25.6 Å². The largest absolute Gasteiger partial charge is 0.495 e. The number of carbonyl (C=O) groups excluding carboxylic acids is 2. The number of alkyl halides is 3. The third-order valence-corrected chi connectivity index (χ3v) is 7.86. The van der Waals surface area contributed by atoms with E-state index in [-0.39, 0.29) is 42.2 Å². The Labute approximate surface area is 241 Å². The number of nitrogens with one attached hydrogen (secondary N) is 3. The predicted octanol–water partition coefficient (Wildman–Crippen LogP) is 6.60. The second kappa shape index (κ2) is 11.9. The Morgan fingerprint density at radius 1 is 1.05 bits per heavy atom. The number of nitrogens with zero attached hydrogens (tertiary/aromatic N) is 3. The number of methoxy groups -OCH3 is 1. The normalized spacial score (nSPS) is 19.8. The molecule has 0 aliphatic carbocycles. The molecule has 2 unspecified atom stereocenters. The molecule has 5 rings (SSSR count). The molecule has 2 aromatic carbocycles. The molecule has 12 heteroatoms. The molecule has 42 heavy (non-hydrogen) atoms. The summed E-state index contributed by atoms with van der Waals surface area (Å²) in [5.74, 6) is 0.190. The first-order valence-corrected chi connectivity index (χ1v) is 13.9. The van der Waals surface area contributed by atoms with Crippen molar-refractivity contribution >= 4 is 40.6 Å². The minimum atomic E-state index is -4.70. The Bertz CT molecular complexity index is 1470. The first kappa shape index (κ1) is 29.2. The number of anilines is 5. The third kappa shape index (κ3) is 6.27. The van der Waals surface area contributed by atoms with Crippen molar-refractivity contribution in [2.24, 2.45) is 0 Å². The lowest BCUT2D eigenvalue weighted by atomic mass is 9.85. The van der Waals surface area contributed by atoms with Crippen LogP contribution < -0.4 is 20.7 Å². The number of halogens is 3. The number of piperidine rings is 1. The van der Waals surface area contributed by atoms with Crippen molar-refractivity contribution in [3.63, 3.8) is 0 Å². The number of benzene rings is 2. The molecule has 9 nitrogen and oxygen atoms in total. The number of ether oxygens (including phenoxy) is 1. The number of hydrogen-bond acceptors (Lipinski definition) is 7. The van der Waals surface area contributed by atoms with Gasteiger partial charge >= 0.3 is 6.18 Å². The van der Waals surface area contributed by atoms with E-state index in [2.05, 4.69) is 25.9 Å². The van der Waals surface area contributed by atoms with Gasteiger partial charge in [0, 0.05) is 43.0 Å². The number of fused-ring (bicyclic) bond motifs is 2. The molecule has 2 aliphatic heterocycles. The smallest absolute Gasteiger partial charge is 0.421 e. The summed E-state index contributed by atoms with van der Waals surface area (Å²) < 4.78 is 47.1. The molecule has 2 bridgehead atoms. The van der Waals surface area contributed by atoms with E-state index in [0.717, 1.165) is 37.4 Å². The van der Waals surface area contributed by atoms with Gasteiger partial charge in [-0.3, -0.25) is 9.59 Å². The molecular weight excluding hydrogens is 549 g/mol. The maximum atomic E-state index is 13.8. The molecule has 1 aromatic heterocycles. The zero-order valence-electron chi connectivity index (χ0n) is 23.6. The standard InChI is InChI=1S/C30H33F3N6O3/c1-4-27(41)35-20-6-5-7-21(15-20)36-28-24(30(31,32)33)16-34-29(38-28)37-25-11-8-18(14-26(25)42-3)19-12-22-9-10-23(13-19)39(22)17(2)40/h5-8,11,14-16,19,22-23H,4,9-10,12-13H2,1-3H3,(H,35,41)(H2,34,36,37,38). The number of aromatic nitrogens is 2. The minimum Gasteiger partial charge on any atom is -0.495 e. The summed E-state index contributed by atoms with van der Waals surface area (Å²) >= 11 is 0. The molecule has 0 saturated carbocycles. The van der Waals surface area contributed by atoms with Gasteiger partial charge in [-0.2, -0.15) is 18.2 Å². The highest BCUT2D eigenvalue weighted by Gasteiger charge is 2.42. The van der Waals surface area contributed by atoms with Crippen LogP contribution in [0.25, 0.3) is 0 Å². The highest BCUT2D eigenvalue weighted by molar-refractivity contribution is 5.91. The fraction of sp³-hybridized carbons (Fsp3) is 0.400. The molecule has 2 atom stereocenters. The fourth-order valence-corrected chi connectivity index (χ4v) is 5.95. The summed E-state index contributed by atoms with van der Waals surface area (Å²) in [4.78, 5) is 33.9. The maximum Gasteiger partial charge on any atom is 0.421 e. The van der Waals surface area contributed by atoms with Crippen LogP contribution in [0.4, 0.5) is 42.0 Å². The summed E-state index contributed by atoms with van der Waals surface area (Å²) in [7, 11) is 1.53. The summed E-state index contributed by atoms with van der Waals surface area (Å²) in [5, 5.41) is 8.40. The lowest BCUT2D eigenvalue weighted by Crippen LogP contribution is -2.44. The van der Waals surface area contributed by atoms with Gasteiger partial charge in [0.1, 0.15) is 17.1 Å². The highest BCUT2D eigenvalue weighted by Crippen LogP contribution is 2.44. The Balaban J connectivity index is 1.37. The van der Waals surface area contributed by atoms with Crippen LogP contribution in [-0.2, 0) is 15.8 Å². The SMILES string of the molecule is CCC(=O)Nc1cccc(Nc2nc(Nc3ccc(C4CC5CCC(C4)N5C(C)=O)cc3OC)ncc2C(F)(F)F)c1. The topological polar surface area (TPSA) is 108 Å². The van der Waals surface area contributed by atoms with Crippen LogP contribution in [0.15, 0.2) is 48.7 Å². The van der Waals surface area contributed by atoms with Crippen LogP contribution in [0.2, 0.25) is 0 Å². The van der Waals surface area contributed by atoms with Crippen LogP contribution in [0.3, 0.4) is 0 Å². The van der Waals surface area contributed by atoms with Gasteiger partial charge in [-0.1, -0.05) is 19.1 Å². The second-order valence-electron chi connectivity index (χ2n) is 10.6. The Kier molecular flexibility index (Phi) is 8.24. The third-order valence-electron chi connectivity index (χ3n) is 7.86. The molecule has 3 aromatic rings. The zero-order chi connectivity index (χ0) is 30.0. The molecule has 0 radical (unpaired) electrons. The van der Waals surface area contributed by atoms with Crippen molar-refractivity contribution in [3.8, 4) is 5.75 Å². The van der Waals surface area contributed by atoms with Gasteiger partial charge in [-0.25, -0.2) is 4.98 Å². The van der Waals surface area contributed by atoms with Crippen LogP contribution >= 0.6 is 0 Å². The highest BCUT2D eigenvalue weighted by atomic mass is 19.4. The fourth-order valence-electron chi connectivity index (χ4n) is 5.95. The molecule has 2 amide bonds. The van der Waals surface area contributed by atoms with E-state index in [4.69, 9.17) is 4.74 Å². The van der Waals surface area contributed by atoms with Gasteiger partial charge in [0.2, 0.25) is 17.8 Å². The van der Waals surface area contributed by atoms with Crippen molar-refractivity contribution in [2.45, 2.75) is 70.1 Å². The van der Waals surface area contributed by atoms with Crippen molar-refractivity contribution in [2.75, 3.05) is 23.1 Å². The predicted molar refractivity (Wildman–Crippen MR) is 153 cm³/mol. The van der Waals surface area contributed by atoms with Gasteiger partial charge in [0.05, 0.1) is 12.8 Å². The molecule has 2 aliphatic rings. The van der Waals surface area contributed by atoms with E-state index >= 15 is 0 Å². The van der Waals surface area contributed by atoms with Crippen molar-refractivity contribution in [3.05, 3.63) is 59.8 Å². The van der Waals surface area contributed by atoms with Crippen LogP contribution in [0, 0.1) is 0 Å². The maximum absolute atomic E-state index is 13.8. The Hall–Kier alpha value is -4.35. The summed E-state index contributed by atoms with van der Waals surface area (Å²) in [6, 6.07) is 12.5. The molecule has 2 fully saturated rings. The Morgan fingerprint density at radius 2 is 1.76 bits per heavy atom. The van der Waals surface area contributed by atoms with E-state index in [1.54, 1.807) is 38.1 Å². The molecule has 222 valence electrons. The number of amides is 2. The van der Waals surface area contributed by atoms with E-state index in [0.29, 0.717) is 22.8 Å². The van der Waals surface area contributed by atoms with Crippen LogP contribution in [0.5, 0.6) is 5.75 Å². The van der Waals surface area contributed by atoms with Crippen molar-refractivity contribution < 1.29 is 27.5 Å². The van der Waals surface area contributed by atoms with Crippen molar-refractivity contribution in [1.29, 1.82) is 0 Å². The van der Waals surface area contributed by atoms with E-state index in [1.165, 1.54) is 13.2 Å².